The van der Waals surface area contributed by atoms with Gasteiger partial charge in [-0.25, -0.2) is 0 Å². The molecule has 3 nitrogen and oxygen atoms in total. The van der Waals surface area contributed by atoms with Crippen molar-refractivity contribution in [2.24, 2.45) is 0 Å². The maximum Gasteiger partial charge on any atom is 0.254 e. The molecular formula is C16H13ClN2O. The van der Waals surface area contributed by atoms with E-state index in [-0.39, 0.29) is 5.91 Å². The first-order valence-electron chi connectivity index (χ1n) is 6.14. The highest BCUT2D eigenvalue weighted by Crippen LogP contribution is 2.21. The van der Waals surface area contributed by atoms with Crippen molar-refractivity contribution in [3.63, 3.8) is 0 Å². The van der Waals surface area contributed by atoms with Crippen LogP contribution in [0.4, 0.5) is 0 Å². The summed E-state index contributed by atoms with van der Waals surface area (Å²) in [7, 11) is 0. The lowest BCUT2D eigenvalue weighted by molar-refractivity contribution is 0.0945. The minimum absolute atomic E-state index is 0.353. The molecule has 0 saturated carbocycles. The fourth-order valence-electron chi connectivity index (χ4n) is 1.87. The molecule has 0 saturated heterocycles. The van der Waals surface area contributed by atoms with E-state index in [0.29, 0.717) is 10.6 Å². The molecule has 100 valence electrons. The summed E-state index contributed by atoms with van der Waals surface area (Å²) in [6.07, 6.45) is 0. The molecule has 0 aliphatic rings. The number of nitriles is 1. The largest absolute Gasteiger partial charge is 0.332 e. The van der Waals surface area contributed by atoms with Crippen molar-refractivity contribution < 1.29 is 4.79 Å². The topological polar surface area (TPSA) is 52.9 Å². The molecule has 1 unspecified atom stereocenters. The summed E-state index contributed by atoms with van der Waals surface area (Å²) >= 11 is 6.12. The van der Waals surface area contributed by atoms with Gasteiger partial charge in [0, 0.05) is 0 Å². The number of carbonyl (C=O) groups is 1. The van der Waals surface area contributed by atoms with Gasteiger partial charge in [0.1, 0.15) is 6.04 Å². The summed E-state index contributed by atoms with van der Waals surface area (Å²) in [5.41, 5.74) is 1.95. The minimum atomic E-state index is -0.694. The van der Waals surface area contributed by atoms with E-state index in [0.717, 1.165) is 11.1 Å². The fourth-order valence-corrected chi connectivity index (χ4v) is 2.08. The van der Waals surface area contributed by atoms with E-state index in [1.807, 2.05) is 31.2 Å². The molecule has 4 heteroatoms. The van der Waals surface area contributed by atoms with Crippen molar-refractivity contribution in [1.82, 2.24) is 5.32 Å². The second-order valence-electron chi connectivity index (χ2n) is 4.38. The van der Waals surface area contributed by atoms with Crippen LogP contribution in [0.2, 0.25) is 5.02 Å². The van der Waals surface area contributed by atoms with Crippen molar-refractivity contribution >= 4 is 17.5 Å². The highest BCUT2D eigenvalue weighted by atomic mass is 35.5. The molecular weight excluding hydrogens is 272 g/mol. The summed E-state index contributed by atoms with van der Waals surface area (Å²) in [4.78, 5) is 12.2. The Bertz CT molecular complexity index is 662. The second kappa shape index (κ2) is 6.23. The Kier molecular flexibility index (Phi) is 4.39. The Labute approximate surface area is 122 Å². The van der Waals surface area contributed by atoms with Gasteiger partial charge < -0.3 is 5.32 Å². The third-order valence-electron chi connectivity index (χ3n) is 2.97. The average molecular weight is 285 g/mol. The van der Waals surface area contributed by atoms with Crippen LogP contribution in [0, 0.1) is 18.3 Å². The van der Waals surface area contributed by atoms with Crippen LogP contribution in [0.5, 0.6) is 0 Å². The van der Waals surface area contributed by atoms with Gasteiger partial charge in [-0.2, -0.15) is 5.26 Å². The highest BCUT2D eigenvalue weighted by molar-refractivity contribution is 6.34. The summed E-state index contributed by atoms with van der Waals surface area (Å²) < 4.78 is 0. The predicted octanol–water partition coefficient (Wildman–Crippen LogP) is 3.64. The molecule has 1 atom stereocenters. The Hall–Kier alpha value is -2.31. The number of nitrogens with zero attached hydrogens (tertiary/aromatic N) is 1. The molecule has 1 amide bonds. The van der Waals surface area contributed by atoms with Crippen LogP contribution < -0.4 is 5.32 Å². The molecule has 2 aromatic rings. The van der Waals surface area contributed by atoms with Gasteiger partial charge in [0.05, 0.1) is 16.7 Å². The molecule has 0 aliphatic heterocycles. The molecule has 1 N–H and O–H groups in total. The van der Waals surface area contributed by atoms with Crippen molar-refractivity contribution in [1.29, 1.82) is 5.26 Å². The number of aryl methyl sites for hydroxylation is 1. The Morgan fingerprint density at radius 2 is 1.90 bits per heavy atom. The van der Waals surface area contributed by atoms with E-state index in [1.165, 1.54) is 0 Å². The Morgan fingerprint density at radius 3 is 2.55 bits per heavy atom. The smallest absolute Gasteiger partial charge is 0.254 e. The number of amides is 1. The van der Waals surface area contributed by atoms with Crippen molar-refractivity contribution in [2.45, 2.75) is 13.0 Å². The number of rotatable bonds is 3. The monoisotopic (exact) mass is 284 g/mol. The summed E-state index contributed by atoms with van der Waals surface area (Å²) in [6, 6.07) is 15.7. The zero-order chi connectivity index (χ0) is 14.5. The first kappa shape index (κ1) is 14.1. The number of hydrogen-bond donors (Lipinski definition) is 1. The molecule has 0 spiro atoms. The SMILES string of the molecule is Cc1cccc(C(=O)NC(C#N)c2ccccc2)c1Cl. The van der Waals surface area contributed by atoms with E-state index in [2.05, 4.69) is 11.4 Å². The number of halogens is 1. The normalized spacial score (nSPS) is 11.4. The van der Waals surface area contributed by atoms with Gasteiger partial charge in [0.2, 0.25) is 0 Å². The van der Waals surface area contributed by atoms with Gasteiger partial charge in [-0.05, 0) is 24.1 Å². The van der Waals surface area contributed by atoms with Crippen LogP contribution in [0.3, 0.4) is 0 Å². The van der Waals surface area contributed by atoms with Gasteiger partial charge in [-0.15, -0.1) is 0 Å². The van der Waals surface area contributed by atoms with Gasteiger partial charge in [-0.3, -0.25) is 4.79 Å². The zero-order valence-corrected chi connectivity index (χ0v) is 11.7. The number of nitrogens with one attached hydrogen (secondary N) is 1. The van der Waals surface area contributed by atoms with E-state index in [1.54, 1.807) is 24.3 Å². The zero-order valence-electron chi connectivity index (χ0n) is 10.9. The molecule has 2 rings (SSSR count). The molecule has 0 aromatic heterocycles. The van der Waals surface area contributed by atoms with Crippen LogP contribution >= 0.6 is 11.6 Å². The van der Waals surface area contributed by atoms with Crippen LogP contribution in [0.25, 0.3) is 0 Å². The molecule has 2 aromatic carbocycles. The van der Waals surface area contributed by atoms with Gasteiger partial charge in [0.15, 0.2) is 0 Å². The van der Waals surface area contributed by atoms with E-state index in [4.69, 9.17) is 11.6 Å². The van der Waals surface area contributed by atoms with Crippen LogP contribution in [0.15, 0.2) is 48.5 Å². The Morgan fingerprint density at radius 1 is 1.20 bits per heavy atom. The first-order chi connectivity index (χ1) is 9.63. The number of carbonyl (C=O) groups excluding carboxylic acids is 1. The van der Waals surface area contributed by atoms with E-state index < -0.39 is 6.04 Å². The molecule has 0 aliphatic carbocycles. The maximum absolute atomic E-state index is 12.2. The quantitative estimate of drug-likeness (QED) is 0.935. The maximum atomic E-state index is 12.2. The highest BCUT2D eigenvalue weighted by Gasteiger charge is 2.17. The standard InChI is InChI=1S/C16H13ClN2O/c1-11-6-5-9-13(15(11)17)16(20)19-14(10-18)12-7-3-2-4-8-12/h2-9,14H,1H3,(H,19,20). The van der Waals surface area contributed by atoms with Crippen molar-refractivity contribution in [2.75, 3.05) is 0 Å². The minimum Gasteiger partial charge on any atom is -0.332 e. The molecule has 0 radical (unpaired) electrons. The summed E-state index contributed by atoms with van der Waals surface area (Å²) in [5.74, 6) is -0.353. The van der Waals surface area contributed by atoms with Gasteiger partial charge in [0.25, 0.3) is 5.91 Å². The fraction of sp³-hybridized carbons (Fsp3) is 0.125. The van der Waals surface area contributed by atoms with Gasteiger partial charge >= 0.3 is 0 Å². The summed E-state index contributed by atoms with van der Waals surface area (Å²) in [5, 5.41) is 12.3. The van der Waals surface area contributed by atoms with Crippen LogP contribution in [0.1, 0.15) is 27.5 Å². The number of benzene rings is 2. The van der Waals surface area contributed by atoms with Crippen LogP contribution in [-0.2, 0) is 0 Å². The lowest BCUT2D eigenvalue weighted by Gasteiger charge is -2.13. The molecule has 20 heavy (non-hydrogen) atoms. The van der Waals surface area contributed by atoms with Crippen molar-refractivity contribution in [3.8, 4) is 6.07 Å². The Balaban J connectivity index is 2.23. The second-order valence-corrected chi connectivity index (χ2v) is 4.76. The first-order valence-corrected chi connectivity index (χ1v) is 6.52. The third kappa shape index (κ3) is 2.98. The third-order valence-corrected chi connectivity index (χ3v) is 3.48. The summed E-state index contributed by atoms with van der Waals surface area (Å²) in [6.45, 7) is 1.83. The lowest BCUT2D eigenvalue weighted by Crippen LogP contribution is -2.27. The predicted molar refractivity (Wildman–Crippen MR) is 78.5 cm³/mol. The average Bonchev–Trinajstić information content (AvgIpc) is 2.48. The van der Waals surface area contributed by atoms with Gasteiger partial charge in [-0.1, -0.05) is 54.1 Å². The van der Waals surface area contributed by atoms with E-state index >= 15 is 0 Å². The lowest BCUT2D eigenvalue weighted by atomic mass is 10.1. The molecule has 0 fully saturated rings. The van der Waals surface area contributed by atoms with E-state index in [9.17, 15) is 10.1 Å². The molecule has 0 heterocycles. The molecule has 0 bridgehead atoms. The van der Waals surface area contributed by atoms with Crippen LogP contribution in [-0.4, -0.2) is 5.91 Å². The number of hydrogen-bond acceptors (Lipinski definition) is 2. The van der Waals surface area contributed by atoms with Crippen molar-refractivity contribution in [3.05, 3.63) is 70.2 Å².